The predicted molar refractivity (Wildman–Crippen MR) is 63.7 cm³/mol. The van der Waals surface area contributed by atoms with Crippen LogP contribution in [0.5, 0.6) is 0 Å². The van der Waals surface area contributed by atoms with E-state index in [-0.39, 0.29) is 6.04 Å². The number of nitrogens with one attached hydrogen (secondary N) is 1. The van der Waals surface area contributed by atoms with Crippen LogP contribution < -0.4 is 5.32 Å². The summed E-state index contributed by atoms with van der Waals surface area (Å²) in [6, 6.07) is 3.85. The van der Waals surface area contributed by atoms with Crippen LogP contribution in [0.15, 0.2) is 17.5 Å². The van der Waals surface area contributed by atoms with Crippen molar-refractivity contribution >= 4 is 17.3 Å². The molecule has 1 aliphatic rings. The average Bonchev–Trinajstić information content (AvgIpc) is 2.81. The van der Waals surface area contributed by atoms with Crippen LogP contribution in [0.2, 0.25) is 0 Å². The Kier molecular flexibility index (Phi) is 3.58. The molecule has 16 heavy (non-hydrogen) atoms. The van der Waals surface area contributed by atoms with E-state index in [0.29, 0.717) is 6.54 Å². The highest BCUT2D eigenvalue weighted by atomic mass is 32.1. The van der Waals surface area contributed by atoms with Crippen LogP contribution in [0.3, 0.4) is 0 Å². The zero-order valence-electron chi connectivity index (χ0n) is 9.22. The first kappa shape index (κ1) is 11.6. The minimum Gasteiger partial charge on any atom is -0.480 e. The number of hydrogen-bond acceptors (Lipinski definition) is 4. The molecule has 2 N–H and O–H groups in total. The number of hydrogen-bond donors (Lipinski definition) is 2. The Balaban J connectivity index is 2.14. The molecule has 0 unspecified atom stereocenters. The summed E-state index contributed by atoms with van der Waals surface area (Å²) in [6.07, 6.45) is 0. The molecule has 88 valence electrons. The summed E-state index contributed by atoms with van der Waals surface area (Å²) in [4.78, 5) is 14.5. The summed E-state index contributed by atoms with van der Waals surface area (Å²) in [5.41, 5.74) is 0. The highest BCUT2D eigenvalue weighted by Crippen LogP contribution is 2.26. The Morgan fingerprint density at radius 1 is 1.75 bits per heavy atom. The third-order valence-corrected chi connectivity index (χ3v) is 4.06. The Labute approximate surface area is 98.9 Å². The highest BCUT2D eigenvalue weighted by Gasteiger charge is 2.32. The maximum Gasteiger partial charge on any atom is 0.322 e. The van der Waals surface area contributed by atoms with Gasteiger partial charge in [0.2, 0.25) is 0 Å². The highest BCUT2D eigenvalue weighted by molar-refractivity contribution is 7.10. The molecule has 1 aromatic heterocycles. The zero-order valence-corrected chi connectivity index (χ0v) is 10.0. The van der Waals surface area contributed by atoms with Gasteiger partial charge in [-0.1, -0.05) is 6.07 Å². The van der Waals surface area contributed by atoms with Crippen molar-refractivity contribution in [3.05, 3.63) is 22.4 Å². The van der Waals surface area contributed by atoms with Gasteiger partial charge in [-0.05, 0) is 18.4 Å². The molecule has 0 bridgehead atoms. The lowest BCUT2D eigenvalue weighted by Crippen LogP contribution is -2.55. The van der Waals surface area contributed by atoms with Crippen molar-refractivity contribution in [3.63, 3.8) is 0 Å². The lowest BCUT2D eigenvalue weighted by Gasteiger charge is -2.37. The fourth-order valence-electron chi connectivity index (χ4n) is 2.11. The number of carboxylic acid groups (broad SMARTS) is 1. The SMILES string of the molecule is C[C@@H](c1cccs1)N1CCNC[C@@H]1C(=O)O. The van der Waals surface area contributed by atoms with Gasteiger partial charge in [-0.25, -0.2) is 0 Å². The maximum absolute atomic E-state index is 11.2. The quantitative estimate of drug-likeness (QED) is 0.832. The number of rotatable bonds is 3. The van der Waals surface area contributed by atoms with Crippen LogP contribution in [0, 0.1) is 0 Å². The molecule has 0 amide bonds. The Bertz CT molecular complexity index is 353. The lowest BCUT2D eigenvalue weighted by atomic mass is 10.1. The average molecular weight is 240 g/mol. The maximum atomic E-state index is 11.2. The summed E-state index contributed by atoms with van der Waals surface area (Å²) in [5, 5.41) is 14.3. The fraction of sp³-hybridized carbons (Fsp3) is 0.545. The van der Waals surface area contributed by atoms with Crippen molar-refractivity contribution in [2.45, 2.75) is 19.0 Å². The number of carbonyl (C=O) groups is 1. The molecule has 0 aliphatic carbocycles. The van der Waals surface area contributed by atoms with Crippen LogP contribution in [-0.4, -0.2) is 41.7 Å². The number of carboxylic acids is 1. The second kappa shape index (κ2) is 4.95. The van der Waals surface area contributed by atoms with Crippen LogP contribution in [0.1, 0.15) is 17.8 Å². The minimum absolute atomic E-state index is 0.184. The molecular formula is C11H16N2O2S. The van der Waals surface area contributed by atoms with Crippen molar-refractivity contribution in [2.24, 2.45) is 0 Å². The van der Waals surface area contributed by atoms with Gasteiger partial charge >= 0.3 is 5.97 Å². The van der Waals surface area contributed by atoms with E-state index in [1.165, 1.54) is 4.88 Å². The largest absolute Gasteiger partial charge is 0.480 e. The van der Waals surface area contributed by atoms with E-state index >= 15 is 0 Å². The molecule has 0 radical (unpaired) electrons. The van der Waals surface area contributed by atoms with Crippen LogP contribution >= 0.6 is 11.3 Å². The third-order valence-electron chi connectivity index (χ3n) is 3.02. The number of piperazine rings is 1. The normalized spacial score (nSPS) is 24.2. The molecule has 1 aromatic rings. The van der Waals surface area contributed by atoms with E-state index in [9.17, 15) is 9.90 Å². The standard InChI is InChI=1S/C11H16N2O2S/c1-8(10-3-2-6-16-10)13-5-4-12-7-9(13)11(14)15/h2-3,6,8-9,12H,4-5,7H2,1H3,(H,14,15)/t8-,9+/m0/s1. The second-order valence-electron chi connectivity index (χ2n) is 3.99. The van der Waals surface area contributed by atoms with Gasteiger partial charge < -0.3 is 10.4 Å². The van der Waals surface area contributed by atoms with E-state index in [1.54, 1.807) is 11.3 Å². The molecule has 2 rings (SSSR count). The van der Waals surface area contributed by atoms with Crippen molar-refractivity contribution in [1.82, 2.24) is 10.2 Å². The minimum atomic E-state index is -0.740. The molecule has 0 saturated carbocycles. The summed E-state index contributed by atoms with van der Waals surface area (Å²) in [6.45, 7) is 4.26. The van der Waals surface area contributed by atoms with Gasteiger partial charge in [0.15, 0.2) is 0 Å². The molecule has 4 nitrogen and oxygen atoms in total. The topological polar surface area (TPSA) is 52.6 Å². The fourth-order valence-corrected chi connectivity index (χ4v) is 2.91. The van der Waals surface area contributed by atoms with E-state index in [4.69, 9.17) is 0 Å². The lowest BCUT2D eigenvalue weighted by molar-refractivity contribution is -0.145. The van der Waals surface area contributed by atoms with Crippen LogP contribution in [0.4, 0.5) is 0 Å². The molecule has 1 fully saturated rings. The van der Waals surface area contributed by atoms with E-state index in [1.807, 2.05) is 11.4 Å². The van der Waals surface area contributed by atoms with Crippen molar-refractivity contribution in [2.75, 3.05) is 19.6 Å². The Morgan fingerprint density at radius 2 is 2.56 bits per heavy atom. The summed E-state index contributed by atoms with van der Waals surface area (Å²) < 4.78 is 0. The number of nitrogens with zero attached hydrogens (tertiary/aromatic N) is 1. The molecule has 0 spiro atoms. The summed E-state index contributed by atoms with van der Waals surface area (Å²) >= 11 is 1.68. The van der Waals surface area contributed by atoms with Crippen molar-refractivity contribution in [1.29, 1.82) is 0 Å². The molecule has 2 heterocycles. The molecule has 1 saturated heterocycles. The molecule has 1 aliphatic heterocycles. The Morgan fingerprint density at radius 3 is 3.19 bits per heavy atom. The van der Waals surface area contributed by atoms with E-state index < -0.39 is 12.0 Å². The van der Waals surface area contributed by atoms with Crippen LogP contribution in [0.25, 0.3) is 0 Å². The second-order valence-corrected chi connectivity index (χ2v) is 4.97. The molecule has 5 heteroatoms. The van der Waals surface area contributed by atoms with Gasteiger partial charge in [-0.3, -0.25) is 9.69 Å². The van der Waals surface area contributed by atoms with E-state index in [0.717, 1.165) is 13.1 Å². The van der Waals surface area contributed by atoms with Gasteiger partial charge in [0.05, 0.1) is 0 Å². The zero-order chi connectivity index (χ0) is 11.5. The van der Waals surface area contributed by atoms with Crippen molar-refractivity contribution in [3.8, 4) is 0 Å². The monoisotopic (exact) mass is 240 g/mol. The van der Waals surface area contributed by atoms with Gasteiger partial charge in [-0.15, -0.1) is 11.3 Å². The van der Waals surface area contributed by atoms with Gasteiger partial charge in [-0.2, -0.15) is 0 Å². The summed E-state index contributed by atoms with van der Waals surface area (Å²) in [7, 11) is 0. The first-order chi connectivity index (χ1) is 7.70. The molecule has 2 atom stereocenters. The number of aliphatic carboxylic acids is 1. The van der Waals surface area contributed by atoms with E-state index in [2.05, 4.69) is 23.2 Å². The van der Waals surface area contributed by atoms with Gasteiger partial charge in [0.25, 0.3) is 0 Å². The molecule has 0 aromatic carbocycles. The predicted octanol–water partition coefficient (Wildman–Crippen LogP) is 1.17. The smallest absolute Gasteiger partial charge is 0.322 e. The summed E-state index contributed by atoms with van der Waals surface area (Å²) in [5.74, 6) is -0.740. The first-order valence-electron chi connectivity index (χ1n) is 5.43. The third kappa shape index (κ3) is 2.26. The molecular weight excluding hydrogens is 224 g/mol. The van der Waals surface area contributed by atoms with Crippen molar-refractivity contribution < 1.29 is 9.90 Å². The first-order valence-corrected chi connectivity index (χ1v) is 6.31. The van der Waals surface area contributed by atoms with Gasteiger partial charge in [0.1, 0.15) is 6.04 Å². The Hall–Kier alpha value is -0.910. The van der Waals surface area contributed by atoms with Crippen LogP contribution in [-0.2, 0) is 4.79 Å². The van der Waals surface area contributed by atoms with Gasteiger partial charge in [0, 0.05) is 30.6 Å². The number of thiophene rings is 1.